The van der Waals surface area contributed by atoms with Gasteiger partial charge in [0.15, 0.2) is 0 Å². The second kappa shape index (κ2) is 6.46. The number of likely N-dealkylation sites (N-methyl/N-ethyl adjacent to an activating group) is 1. The fourth-order valence-corrected chi connectivity index (χ4v) is 2.38. The zero-order chi connectivity index (χ0) is 11.3. The highest BCUT2D eigenvalue weighted by atomic mass is 16.5. The van der Waals surface area contributed by atoms with Crippen molar-refractivity contribution >= 4 is 0 Å². The quantitative estimate of drug-likeness (QED) is 0.719. The van der Waals surface area contributed by atoms with E-state index in [1.54, 1.807) is 7.11 Å². The Bertz CT molecular complexity index is 159. The maximum atomic E-state index is 5.23. The van der Waals surface area contributed by atoms with Crippen molar-refractivity contribution in [1.82, 2.24) is 10.2 Å². The molecule has 15 heavy (non-hydrogen) atoms. The topological polar surface area (TPSA) is 24.5 Å². The largest absolute Gasteiger partial charge is 0.383 e. The Hall–Kier alpha value is -0.120. The first-order chi connectivity index (χ1) is 7.17. The highest BCUT2D eigenvalue weighted by Crippen LogP contribution is 2.21. The van der Waals surface area contributed by atoms with E-state index in [0.717, 1.165) is 31.5 Å². The van der Waals surface area contributed by atoms with E-state index in [2.05, 4.69) is 31.0 Å². The molecule has 0 amide bonds. The summed E-state index contributed by atoms with van der Waals surface area (Å²) < 4.78 is 5.23. The molecule has 0 aromatic rings. The zero-order valence-electron chi connectivity index (χ0n) is 10.6. The van der Waals surface area contributed by atoms with Crippen LogP contribution in [-0.2, 0) is 4.74 Å². The van der Waals surface area contributed by atoms with Crippen LogP contribution in [0.15, 0.2) is 0 Å². The lowest BCUT2D eigenvalue weighted by molar-refractivity contribution is 0.144. The van der Waals surface area contributed by atoms with Gasteiger partial charge in [0.2, 0.25) is 0 Å². The Morgan fingerprint density at radius 1 is 1.33 bits per heavy atom. The molecule has 0 aromatic carbocycles. The first-order valence-corrected chi connectivity index (χ1v) is 6.12. The van der Waals surface area contributed by atoms with Crippen LogP contribution in [0, 0.1) is 11.8 Å². The number of nitrogens with one attached hydrogen (secondary N) is 1. The molecule has 3 atom stereocenters. The lowest BCUT2D eigenvalue weighted by Crippen LogP contribution is -2.43. The highest BCUT2D eigenvalue weighted by Gasteiger charge is 2.27. The van der Waals surface area contributed by atoms with Crippen molar-refractivity contribution in [2.75, 3.05) is 39.9 Å². The second-order valence-corrected chi connectivity index (χ2v) is 4.88. The third-order valence-corrected chi connectivity index (χ3v) is 3.40. The van der Waals surface area contributed by atoms with Gasteiger partial charge in [0.25, 0.3) is 0 Å². The number of hydrogen-bond donors (Lipinski definition) is 1. The van der Waals surface area contributed by atoms with Gasteiger partial charge in [-0.15, -0.1) is 0 Å². The van der Waals surface area contributed by atoms with E-state index in [4.69, 9.17) is 4.74 Å². The van der Waals surface area contributed by atoms with Gasteiger partial charge in [-0.05, 0) is 18.4 Å². The Kier molecular flexibility index (Phi) is 5.58. The molecule has 0 radical (unpaired) electrons. The Morgan fingerprint density at radius 2 is 1.93 bits per heavy atom. The first-order valence-electron chi connectivity index (χ1n) is 6.12. The molecule has 1 N–H and O–H groups in total. The second-order valence-electron chi connectivity index (χ2n) is 4.88. The summed E-state index contributed by atoms with van der Waals surface area (Å²) in [7, 11) is 1.78. The molecule has 0 aromatic heterocycles. The number of methoxy groups -OCH3 is 1. The summed E-state index contributed by atoms with van der Waals surface area (Å²) in [5.41, 5.74) is 0. The van der Waals surface area contributed by atoms with Crippen LogP contribution in [-0.4, -0.2) is 50.8 Å². The number of hydrogen-bond acceptors (Lipinski definition) is 3. The number of ether oxygens (including phenoxy) is 1. The van der Waals surface area contributed by atoms with E-state index in [9.17, 15) is 0 Å². The maximum Gasteiger partial charge on any atom is 0.0628 e. The maximum absolute atomic E-state index is 5.23. The minimum Gasteiger partial charge on any atom is -0.383 e. The molecule has 3 nitrogen and oxygen atoms in total. The lowest BCUT2D eigenvalue weighted by Gasteiger charge is -2.23. The molecule has 3 heteroatoms. The van der Waals surface area contributed by atoms with E-state index in [-0.39, 0.29) is 0 Å². The van der Waals surface area contributed by atoms with Gasteiger partial charge in [0.1, 0.15) is 0 Å². The molecule has 1 rings (SSSR count). The van der Waals surface area contributed by atoms with Gasteiger partial charge in [-0.1, -0.05) is 20.8 Å². The van der Waals surface area contributed by atoms with Crippen LogP contribution in [0.25, 0.3) is 0 Å². The van der Waals surface area contributed by atoms with Crippen LogP contribution in [0.4, 0.5) is 0 Å². The standard InChI is InChI=1S/C12H26N2O/c1-5-13-12(9-15-4)8-14-6-10(2)11(3)7-14/h10-13H,5-9H2,1-4H3. The molecule has 1 aliphatic heterocycles. The van der Waals surface area contributed by atoms with Crippen molar-refractivity contribution in [1.29, 1.82) is 0 Å². The highest BCUT2D eigenvalue weighted by molar-refractivity contribution is 4.81. The van der Waals surface area contributed by atoms with Crippen LogP contribution in [0.5, 0.6) is 0 Å². The van der Waals surface area contributed by atoms with Gasteiger partial charge < -0.3 is 15.0 Å². The molecule has 0 saturated carbocycles. The molecule has 0 aliphatic carbocycles. The Labute approximate surface area is 94.2 Å². The lowest BCUT2D eigenvalue weighted by atomic mass is 10.0. The average Bonchev–Trinajstić information content (AvgIpc) is 2.47. The summed E-state index contributed by atoms with van der Waals surface area (Å²) in [4.78, 5) is 2.56. The molecule has 1 heterocycles. The third kappa shape index (κ3) is 4.09. The molecule has 1 fully saturated rings. The van der Waals surface area contributed by atoms with Crippen molar-refractivity contribution < 1.29 is 4.74 Å². The fourth-order valence-electron chi connectivity index (χ4n) is 2.38. The minimum atomic E-state index is 0.484. The van der Waals surface area contributed by atoms with Gasteiger partial charge in [-0.25, -0.2) is 0 Å². The Balaban J connectivity index is 2.31. The summed E-state index contributed by atoms with van der Waals surface area (Å²) >= 11 is 0. The summed E-state index contributed by atoms with van der Waals surface area (Å²) in [5.74, 6) is 1.68. The van der Waals surface area contributed by atoms with Crippen LogP contribution < -0.4 is 5.32 Å². The monoisotopic (exact) mass is 214 g/mol. The van der Waals surface area contributed by atoms with E-state index in [1.165, 1.54) is 13.1 Å². The van der Waals surface area contributed by atoms with Gasteiger partial charge >= 0.3 is 0 Å². The predicted molar refractivity (Wildman–Crippen MR) is 64.1 cm³/mol. The van der Waals surface area contributed by atoms with Gasteiger partial charge in [0, 0.05) is 32.8 Å². The van der Waals surface area contributed by atoms with Crippen LogP contribution in [0.1, 0.15) is 20.8 Å². The molecule has 1 aliphatic rings. The average molecular weight is 214 g/mol. The summed E-state index contributed by atoms with van der Waals surface area (Å²) in [5, 5.41) is 3.47. The van der Waals surface area contributed by atoms with Crippen molar-refractivity contribution in [2.45, 2.75) is 26.8 Å². The molecule has 0 spiro atoms. The predicted octanol–water partition coefficient (Wildman–Crippen LogP) is 1.20. The number of rotatable bonds is 6. The molecular formula is C12H26N2O. The summed E-state index contributed by atoms with van der Waals surface area (Å²) in [6.45, 7) is 12.3. The van der Waals surface area contributed by atoms with Crippen LogP contribution in [0.3, 0.4) is 0 Å². The van der Waals surface area contributed by atoms with E-state index < -0.39 is 0 Å². The normalized spacial score (nSPS) is 29.6. The number of likely N-dealkylation sites (tertiary alicyclic amines) is 1. The molecule has 90 valence electrons. The van der Waals surface area contributed by atoms with Crippen molar-refractivity contribution in [3.8, 4) is 0 Å². The van der Waals surface area contributed by atoms with Crippen molar-refractivity contribution in [3.63, 3.8) is 0 Å². The van der Waals surface area contributed by atoms with Crippen LogP contribution in [0.2, 0.25) is 0 Å². The van der Waals surface area contributed by atoms with Gasteiger partial charge in [0.05, 0.1) is 6.61 Å². The SMILES string of the molecule is CCNC(COC)CN1CC(C)C(C)C1. The minimum absolute atomic E-state index is 0.484. The van der Waals surface area contributed by atoms with Crippen molar-refractivity contribution in [3.05, 3.63) is 0 Å². The van der Waals surface area contributed by atoms with E-state index >= 15 is 0 Å². The van der Waals surface area contributed by atoms with Gasteiger partial charge in [-0.2, -0.15) is 0 Å². The summed E-state index contributed by atoms with van der Waals surface area (Å²) in [6.07, 6.45) is 0. The van der Waals surface area contributed by atoms with Gasteiger partial charge in [-0.3, -0.25) is 0 Å². The first kappa shape index (κ1) is 12.9. The summed E-state index contributed by atoms with van der Waals surface area (Å²) in [6, 6.07) is 0.484. The molecule has 0 bridgehead atoms. The third-order valence-electron chi connectivity index (χ3n) is 3.40. The van der Waals surface area contributed by atoms with Crippen molar-refractivity contribution in [2.24, 2.45) is 11.8 Å². The molecule has 3 unspecified atom stereocenters. The number of nitrogens with zero attached hydrogens (tertiary/aromatic N) is 1. The van der Waals surface area contributed by atoms with E-state index in [0.29, 0.717) is 6.04 Å². The zero-order valence-corrected chi connectivity index (χ0v) is 10.6. The molecule has 1 saturated heterocycles. The smallest absolute Gasteiger partial charge is 0.0628 e. The Morgan fingerprint density at radius 3 is 2.40 bits per heavy atom. The van der Waals surface area contributed by atoms with E-state index in [1.807, 2.05) is 0 Å². The fraction of sp³-hybridized carbons (Fsp3) is 1.00. The molecular weight excluding hydrogens is 188 g/mol. The van der Waals surface area contributed by atoms with Crippen LogP contribution >= 0.6 is 0 Å².